The number of hydrogen-bond acceptors (Lipinski definition) is 4. The molecule has 20 heavy (non-hydrogen) atoms. The van der Waals surface area contributed by atoms with Crippen molar-refractivity contribution in [2.45, 2.75) is 25.2 Å². The number of sulfonamides is 1. The lowest BCUT2D eigenvalue weighted by atomic mass is 10.2. The highest BCUT2D eigenvalue weighted by molar-refractivity contribution is 7.89. The van der Waals surface area contributed by atoms with Crippen LogP contribution in [0.15, 0.2) is 23.1 Å². The molecule has 0 fully saturated rings. The Morgan fingerprint density at radius 2 is 1.85 bits per heavy atom. The molecule has 0 aliphatic rings. The number of nitrogens with two attached hydrogens (primary N) is 1. The fraction of sp³-hybridized carbons (Fsp3) is 0.571. The molecule has 6 heteroatoms. The molecule has 0 saturated carbocycles. The van der Waals surface area contributed by atoms with Crippen LogP contribution in [0.3, 0.4) is 0 Å². The second-order valence-corrected chi connectivity index (χ2v) is 7.03. The SMILES string of the molecule is CCN(CCCN(C)C)S(=O)(=O)c1cccc(N)c1C. The Labute approximate surface area is 122 Å². The van der Waals surface area contributed by atoms with Gasteiger partial charge in [-0.05, 0) is 51.7 Å². The average Bonchev–Trinajstić information content (AvgIpc) is 2.37. The molecule has 1 rings (SSSR count). The molecule has 0 atom stereocenters. The van der Waals surface area contributed by atoms with Crippen molar-refractivity contribution in [2.75, 3.05) is 39.5 Å². The van der Waals surface area contributed by atoms with Crippen molar-refractivity contribution in [1.82, 2.24) is 9.21 Å². The number of nitrogen functional groups attached to an aromatic ring is 1. The van der Waals surface area contributed by atoms with Crippen LogP contribution in [-0.4, -0.2) is 51.4 Å². The van der Waals surface area contributed by atoms with Gasteiger partial charge in [0.15, 0.2) is 0 Å². The Morgan fingerprint density at radius 3 is 2.40 bits per heavy atom. The predicted octanol–water partition coefficient (Wildman–Crippen LogP) is 1.54. The predicted molar refractivity (Wildman–Crippen MR) is 83.2 cm³/mol. The van der Waals surface area contributed by atoms with E-state index in [1.807, 2.05) is 25.9 Å². The third-order valence-electron chi connectivity index (χ3n) is 3.31. The minimum atomic E-state index is -3.47. The number of hydrogen-bond donors (Lipinski definition) is 1. The van der Waals surface area contributed by atoms with E-state index in [0.717, 1.165) is 13.0 Å². The first kappa shape index (κ1) is 16.9. The summed E-state index contributed by atoms with van der Waals surface area (Å²) in [5, 5.41) is 0. The molecule has 2 N–H and O–H groups in total. The monoisotopic (exact) mass is 299 g/mol. The Bertz CT molecular complexity index is 541. The van der Waals surface area contributed by atoms with Crippen LogP contribution in [0.2, 0.25) is 0 Å². The maximum atomic E-state index is 12.7. The van der Waals surface area contributed by atoms with Gasteiger partial charge >= 0.3 is 0 Å². The fourth-order valence-electron chi connectivity index (χ4n) is 2.06. The van der Waals surface area contributed by atoms with Crippen molar-refractivity contribution in [3.8, 4) is 0 Å². The molecule has 0 spiro atoms. The first-order valence-corrected chi connectivity index (χ1v) is 8.24. The van der Waals surface area contributed by atoms with Gasteiger partial charge in [-0.15, -0.1) is 0 Å². The van der Waals surface area contributed by atoms with E-state index in [4.69, 9.17) is 5.73 Å². The smallest absolute Gasteiger partial charge is 0.243 e. The third-order valence-corrected chi connectivity index (χ3v) is 5.43. The van der Waals surface area contributed by atoms with Crippen LogP contribution in [0, 0.1) is 6.92 Å². The van der Waals surface area contributed by atoms with Crippen molar-refractivity contribution in [1.29, 1.82) is 0 Å². The van der Waals surface area contributed by atoms with Gasteiger partial charge in [-0.3, -0.25) is 0 Å². The van der Waals surface area contributed by atoms with E-state index in [-0.39, 0.29) is 0 Å². The van der Waals surface area contributed by atoms with Gasteiger partial charge in [-0.2, -0.15) is 4.31 Å². The van der Waals surface area contributed by atoms with Crippen LogP contribution < -0.4 is 5.73 Å². The van der Waals surface area contributed by atoms with E-state index in [1.165, 1.54) is 4.31 Å². The standard InChI is InChI=1S/C14H25N3O2S/c1-5-17(11-7-10-16(3)4)20(18,19)14-9-6-8-13(15)12(14)2/h6,8-9H,5,7,10-11,15H2,1-4H3. The molecule has 5 nitrogen and oxygen atoms in total. The van der Waals surface area contributed by atoms with Crippen LogP contribution in [0.4, 0.5) is 5.69 Å². The highest BCUT2D eigenvalue weighted by atomic mass is 32.2. The molecule has 0 heterocycles. The lowest BCUT2D eigenvalue weighted by Gasteiger charge is -2.22. The van der Waals surface area contributed by atoms with Gasteiger partial charge in [0.25, 0.3) is 0 Å². The topological polar surface area (TPSA) is 66.6 Å². The minimum absolute atomic E-state index is 0.309. The molecule has 0 aliphatic carbocycles. The maximum absolute atomic E-state index is 12.7. The summed E-state index contributed by atoms with van der Waals surface area (Å²) in [7, 11) is 0.491. The molecule has 0 bridgehead atoms. The van der Waals surface area contributed by atoms with E-state index in [0.29, 0.717) is 29.2 Å². The van der Waals surface area contributed by atoms with E-state index in [9.17, 15) is 8.42 Å². The van der Waals surface area contributed by atoms with Crippen molar-refractivity contribution < 1.29 is 8.42 Å². The van der Waals surface area contributed by atoms with E-state index < -0.39 is 10.0 Å². The van der Waals surface area contributed by atoms with Crippen LogP contribution in [0.5, 0.6) is 0 Å². The van der Waals surface area contributed by atoms with E-state index >= 15 is 0 Å². The summed E-state index contributed by atoms with van der Waals surface area (Å²) >= 11 is 0. The first-order chi connectivity index (χ1) is 9.30. The lowest BCUT2D eigenvalue weighted by molar-refractivity contribution is 0.356. The molecule has 0 amide bonds. The number of anilines is 1. The number of benzene rings is 1. The zero-order valence-corrected chi connectivity index (χ0v) is 13.6. The highest BCUT2D eigenvalue weighted by Gasteiger charge is 2.24. The summed E-state index contributed by atoms with van der Waals surface area (Å²) < 4.78 is 26.9. The molecule has 0 saturated heterocycles. The minimum Gasteiger partial charge on any atom is -0.398 e. The van der Waals surface area contributed by atoms with Gasteiger partial charge in [-0.25, -0.2) is 8.42 Å². The van der Waals surface area contributed by atoms with E-state index in [2.05, 4.69) is 0 Å². The van der Waals surface area contributed by atoms with Crippen LogP contribution in [-0.2, 0) is 10.0 Å². The second-order valence-electron chi connectivity index (χ2n) is 5.12. The summed E-state index contributed by atoms with van der Waals surface area (Å²) in [5.74, 6) is 0. The lowest BCUT2D eigenvalue weighted by Crippen LogP contribution is -2.33. The van der Waals surface area contributed by atoms with Gasteiger partial charge in [0.2, 0.25) is 10.0 Å². The molecule has 1 aromatic carbocycles. The summed E-state index contributed by atoms with van der Waals surface area (Å²) in [6.07, 6.45) is 0.807. The molecule has 1 aromatic rings. The fourth-order valence-corrected chi connectivity index (χ4v) is 3.80. The molecule has 0 unspecified atom stereocenters. The molecule has 0 aliphatic heterocycles. The zero-order valence-electron chi connectivity index (χ0n) is 12.8. The van der Waals surface area contributed by atoms with Gasteiger partial charge in [0, 0.05) is 18.8 Å². The molecular weight excluding hydrogens is 274 g/mol. The van der Waals surface area contributed by atoms with Gasteiger partial charge in [-0.1, -0.05) is 13.0 Å². The van der Waals surface area contributed by atoms with Crippen LogP contribution in [0.1, 0.15) is 18.9 Å². The van der Waals surface area contributed by atoms with Crippen LogP contribution in [0.25, 0.3) is 0 Å². The van der Waals surface area contributed by atoms with Crippen LogP contribution >= 0.6 is 0 Å². The van der Waals surface area contributed by atoms with Crippen molar-refractivity contribution >= 4 is 15.7 Å². The van der Waals surface area contributed by atoms with Crippen molar-refractivity contribution in [2.24, 2.45) is 0 Å². The quantitative estimate of drug-likeness (QED) is 0.776. The summed E-state index contributed by atoms with van der Waals surface area (Å²) in [6, 6.07) is 5.02. The molecule has 0 radical (unpaired) electrons. The van der Waals surface area contributed by atoms with Gasteiger partial charge < -0.3 is 10.6 Å². The number of nitrogens with zero attached hydrogens (tertiary/aromatic N) is 2. The maximum Gasteiger partial charge on any atom is 0.243 e. The van der Waals surface area contributed by atoms with Crippen molar-refractivity contribution in [3.63, 3.8) is 0 Å². The Hall–Kier alpha value is -1.11. The van der Waals surface area contributed by atoms with Gasteiger partial charge in [0.1, 0.15) is 0 Å². The normalized spacial score (nSPS) is 12.3. The summed E-state index contributed by atoms with van der Waals surface area (Å²) in [6.45, 7) is 5.45. The Kier molecular flexibility index (Phi) is 5.98. The largest absolute Gasteiger partial charge is 0.398 e. The summed E-state index contributed by atoms with van der Waals surface area (Å²) in [5.41, 5.74) is 6.94. The highest BCUT2D eigenvalue weighted by Crippen LogP contribution is 2.23. The molecular formula is C14H25N3O2S. The molecule has 114 valence electrons. The second kappa shape index (κ2) is 7.06. The number of rotatable bonds is 7. The Balaban J connectivity index is 2.97. The summed E-state index contributed by atoms with van der Waals surface area (Å²) in [4.78, 5) is 2.36. The average molecular weight is 299 g/mol. The third kappa shape index (κ3) is 3.94. The zero-order chi connectivity index (χ0) is 15.3. The van der Waals surface area contributed by atoms with Gasteiger partial charge in [0.05, 0.1) is 4.90 Å². The van der Waals surface area contributed by atoms with Crippen molar-refractivity contribution in [3.05, 3.63) is 23.8 Å². The molecule has 0 aromatic heterocycles. The Morgan fingerprint density at radius 1 is 1.20 bits per heavy atom. The first-order valence-electron chi connectivity index (χ1n) is 6.80. The van der Waals surface area contributed by atoms with E-state index in [1.54, 1.807) is 25.1 Å².